The molecule has 114 valence electrons. The maximum atomic E-state index is 6.35. The number of hydrogen-bond acceptors (Lipinski definition) is 2. The van der Waals surface area contributed by atoms with Crippen molar-refractivity contribution < 1.29 is 0 Å². The maximum Gasteiger partial charge on any atom is 0.127 e. The zero-order valence-electron chi connectivity index (χ0n) is 12.5. The largest absolute Gasteiger partial charge is 0.325 e. The number of alkyl halides is 1. The molecule has 2 unspecified atom stereocenters. The summed E-state index contributed by atoms with van der Waals surface area (Å²) in [5.41, 5.74) is 1.95. The van der Waals surface area contributed by atoms with Crippen molar-refractivity contribution in [2.24, 2.45) is 0 Å². The minimum absolute atomic E-state index is 0.120. The van der Waals surface area contributed by atoms with E-state index in [4.69, 9.17) is 23.2 Å². The van der Waals surface area contributed by atoms with Gasteiger partial charge in [0.25, 0.3) is 0 Å². The third-order valence-electron chi connectivity index (χ3n) is 4.41. The van der Waals surface area contributed by atoms with E-state index in [0.29, 0.717) is 11.1 Å². The van der Waals surface area contributed by atoms with Gasteiger partial charge in [-0.1, -0.05) is 24.6 Å². The summed E-state index contributed by atoms with van der Waals surface area (Å²) in [4.78, 5) is 7.23. The van der Waals surface area contributed by atoms with Gasteiger partial charge in [0.2, 0.25) is 0 Å². The van der Waals surface area contributed by atoms with Crippen molar-refractivity contribution in [3.05, 3.63) is 29.0 Å². The van der Waals surface area contributed by atoms with E-state index < -0.39 is 0 Å². The van der Waals surface area contributed by atoms with Gasteiger partial charge in [0.05, 0.1) is 15.9 Å². The summed E-state index contributed by atoms with van der Waals surface area (Å²) in [5.74, 6) is 0.919. The Morgan fingerprint density at radius 1 is 1.43 bits per heavy atom. The van der Waals surface area contributed by atoms with Gasteiger partial charge in [-0.3, -0.25) is 4.90 Å². The van der Waals surface area contributed by atoms with E-state index in [1.165, 1.54) is 19.4 Å². The minimum Gasteiger partial charge on any atom is -0.325 e. The van der Waals surface area contributed by atoms with Gasteiger partial charge < -0.3 is 4.57 Å². The molecular formula is C16H21Cl2N3. The van der Waals surface area contributed by atoms with Crippen molar-refractivity contribution in [2.75, 3.05) is 13.1 Å². The third kappa shape index (κ3) is 2.79. The van der Waals surface area contributed by atoms with E-state index in [0.717, 1.165) is 29.9 Å². The second-order valence-electron chi connectivity index (χ2n) is 5.73. The molecule has 21 heavy (non-hydrogen) atoms. The van der Waals surface area contributed by atoms with E-state index in [-0.39, 0.29) is 5.38 Å². The average molecular weight is 326 g/mol. The lowest BCUT2D eigenvalue weighted by atomic mass is 10.2. The number of hydrogen-bond donors (Lipinski definition) is 0. The van der Waals surface area contributed by atoms with E-state index in [2.05, 4.69) is 27.4 Å². The molecule has 0 saturated carbocycles. The van der Waals surface area contributed by atoms with Gasteiger partial charge in [-0.25, -0.2) is 4.98 Å². The average Bonchev–Trinajstić information content (AvgIpc) is 3.05. The molecule has 3 nitrogen and oxygen atoms in total. The first-order valence-electron chi connectivity index (χ1n) is 7.64. The Morgan fingerprint density at radius 2 is 2.24 bits per heavy atom. The zero-order valence-corrected chi connectivity index (χ0v) is 14.0. The molecule has 0 amide bonds. The van der Waals surface area contributed by atoms with E-state index in [1.807, 2.05) is 19.1 Å². The molecule has 5 heteroatoms. The molecule has 2 atom stereocenters. The van der Waals surface area contributed by atoms with Crippen molar-refractivity contribution in [3.63, 3.8) is 0 Å². The highest BCUT2D eigenvalue weighted by Crippen LogP contribution is 2.30. The number of benzene rings is 1. The minimum atomic E-state index is -0.120. The molecule has 0 bridgehead atoms. The number of likely N-dealkylation sites (N-methyl/N-ethyl adjacent to an activating group) is 1. The number of imidazole rings is 1. The number of rotatable bonds is 4. The molecule has 1 fully saturated rings. The second-order valence-corrected chi connectivity index (χ2v) is 6.79. The molecule has 1 aromatic heterocycles. The quantitative estimate of drug-likeness (QED) is 0.773. The number of halogens is 2. The van der Waals surface area contributed by atoms with Crippen LogP contribution in [0.15, 0.2) is 18.2 Å². The van der Waals surface area contributed by atoms with Crippen LogP contribution in [0.2, 0.25) is 5.02 Å². The number of aromatic nitrogens is 2. The van der Waals surface area contributed by atoms with Crippen LogP contribution in [0.3, 0.4) is 0 Å². The monoisotopic (exact) mass is 325 g/mol. The van der Waals surface area contributed by atoms with Crippen LogP contribution < -0.4 is 0 Å². The summed E-state index contributed by atoms with van der Waals surface area (Å²) >= 11 is 12.6. The third-order valence-corrected chi connectivity index (χ3v) is 4.91. The predicted molar refractivity (Wildman–Crippen MR) is 89.3 cm³/mol. The smallest absolute Gasteiger partial charge is 0.127 e. The van der Waals surface area contributed by atoms with Crippen LogP contribution in [0.25, 0.3) is 11.0 Å². The number of likely N-dealkylation sites (tertiary alicyclic amines) is 1. The highest BCUT2D eigenvalue weighted by molar-refractivity contribution is 6.35. The highest BCUT2D eigenvalue weighted by Gasteiger charge is 2.26. The van der Waals surface area contributed by atoms with Crippen molar-refractivity contribution in [1.82, 2.24) is 14.5 Å². The molecule has 1 aliphatic heterocycles. The summed E-state index contributed by atoms with van der Waals surface area (Å²) in [6, 6.07) is 6.53. The van der Waals surface area contributed by atoms with Crippen LogP contribution in [0, 0.1) is 0 Å². The molecule has 1 saturated heterocycles. The number of fused-ring (bicyclic) bond motifs is 1. The summed E-state index contributed by atoms with van der Waals surface area (Å²) in [6.45, 7) is 7.44. The molecule has 1 aliphatic rings. The Morgan fingerprint density at radius 3 is 2.95 bits per heavy atom. The number of para-hydroxylation sites is 1. The van der Waals surface area contributed by atoms with Crippen LogP contribution >= 0.6 is 23.2 Å². The highest BCUT2D eigenvalue weighted by atomic mass is 35.5. The number of nitrogens with zero attached hydrogens (tertiary/aromatic N) is 3. The van der Waals surface area contributed by atoms with E-state index >= 15 is 0 Å². The second kappa shape index (κ2) is 6.15. The first-order chi connectivity index (χ1) is 10.1. The molecule has 0 N–H and O–H groups in total. The molecular weight excluding hydrogens is 305 g/mol. The fourth-order valence-corrected chi connectivity index (χ4v) is 3.73. The van der Waals surface area contributed by atoms with Crippen molar-refractivity contribution >= 4 is 34.2 Å². The lowest BCUT2D eigenvalue weighted by Gasteiger charge is -2.24. The maximum absolute atomic E-state index is 6.35. The first-order valence-corrected chi connectivity index (χ1v) is 8.46. The predicted octanol–water partition coefficient (Wildman–Crippen LogP) is 4.47. The zero-order chi connectivity index (χ0) is 15.0. The summed E-state index contributed by atoms with van der Waals surface area (Å²) in [7, 11) is 0. The van der Waals surface area contributed by atoms with Gasteiger partial charge >= 0.3 is 0 Å². The van der Waals surface area contributed by atoms with Gasteiger partial charge in [0.15, 0.2) is 0 Å². The summed E-state index contributed by atoms with van der Waals surface area (Å²) in [6.07, 6.45) is 2.52. The fraction of sp³-hybridized carbons (Fsp3) is 0.562. The topological polar surface area (TPSA) is 21.1 Å². The van der Waals surface area contributed by atoms with Crippen LogP contribution in [0.5, 0.6) is 0 Å². The van der Waals surface area contributed by atoms with E-state index in [1.54, 1.807) is 0 Å². The summed E-state index contributed by atoms with van der Waals surface area (Å²) < 4.78 is 2.26. The fourth-order valence-electron chi connectivity index (χ4n) is 3.36. The van der Waals surface area contributed by atoms with Crippen LogP contribution in [-0.4, -0.2) is 33.6 Å². The van der Waals surface area contributed by atoms with Gasteiger partial charge in [-0.2, -0.15) is 0 Å². The molecule has 0 aliphatic carbocycles. The normalized spacial score (nSPS) is 21.2. The van der Waals surface area contributed by atoms with Gasteiger partial charge in [0.1, 0.15) is 11.3 Å². The van der Waals surface area contributed by atoms with Crippen molar-refractivity contribution in [2.45, 2.75) is 44.7 Å². The first kappa shape index (κ1) is 15.1. The van der Waals surface area contributed by atoms with Gasteiger partial charge in [-0.15, -0.1) is 11.6 Å². The summed E-state index contributed by atoms with van der Waals surface area (Å²) in [5, 5.41) is 0.577. The molecule has 0 spiro atoms. The standard InChI is InChI=1S/C16H21Cl2N3/c1-3-20-9-5-6-12(20)10-21-14-8-4-7-13(18)15(14)19-16(21)11(2)17/h4,7-8,11-12H,3,5-6,9-10H2,1-2H3. The Hall–Kier alpha value is -0.770. The molecule has 2 heterocycles. The van der Waals surface area contributed by atoms with Gasteiger partial charge in [-0.05, 0) is 45.0 Å². The van der Waals surface area contributed by atoms with Crippen LogP contribution in [0.1, 0.15) is 37.9 Å². The Labute approximate surface area is 135 Å². The van der Waals surface area contributed by atoms with Crippen molar-refractivity contribution in [3.8, 4) is 0 Å². The Kier molecular flexibility index (Phi) is 4.43. The Bertz CT molecular complexity index is 636. The van der Waals surface area contributed by atoms with Crippen LogP contribution in [-0.2, 0) is 6.54 Å². The van der Waals surface area contributed by atoms with E-state index in [9.17, 15) is 0 Å². The SMILES string of the molecule is CCN1CCCC1Cn1c(C(C)Cl)nc2c(Cl)cccc21. The van der Waals surface area contributed by atoms with Gasteiger partial charge in [0, 0.05) is 12.6 Å². The Balaban J connectivity index is 2.03. The molecule has 3 rings (SSSR count). The van der Waals surface area contributed by atoms with Crippen LogP contribution in [0.4, 0.5) is 0 Å². The molecule has 0 radical (unpaired) electrons. The van der Waals surface area contributed by atoms with Crippen molar-refractivity contribution in [1.29, 1.82) is 0 Å². The lowest BCUT2D eigenvalue weighted by molar-refractivity contribution is 0.244. The molecule has 2 aromatic rings. The molecule has 1 aromatic carbocycles. The lowest BCUT2D eigenvalue weighted by Crippen LogP contribution is -2.33.